The van der Waals surface area contributed by atoms with Gasteiger partial charge in [0.25, 0.3) is 0 Å². The highest BCUT2D eigenvalue weighted by Gasteiger charge is 2.30. The van der Waals surface area contributed by atoms with Crippen LogP contribution in [0, 0.1) is 28.6 Å². The fourth-order valence-electron chi connectivity index (χ4n) is 2.12. The van der Waals surface area contributed by atoms with E-state index in [9.17, 15) is 4.79 Å². The molecule has 1 fully saturated rings. The van der Waals surface area contributed by atoms with Crippen LogP contribution in [-0.4, -0.2) is 18.6 Å². The number of benzene rings is 1. The zero-order valence-electron chi connectivity index (χ0n) is 10.5. The average molecular weight is 255 g/mol. The average Bonchev–Trinajstić information content (AvgIpc) is 2.85. The van der Waals surface area contributed by atoms with Gasteiger partial charge in [-0.05, 0) is 31.5 Å². The summed E-state index contributed by atoms with van der Waals surface area (Å²) in [7, 11) is 0. The topological polar surface area (TPSA) is 85.9 Å². The van der Waals surface area contributed by atoms with Crippen LogP contribution in [0.5, 0.6) is 0 Å². The van der Waals surface area contributed by atoms with Crippen molar-refractivity contribution in [3.63, 3.8) is 0 Å². The molecule has 1 aliphatic rings. The van der Waals surface area contributed by atoms with Crippen LogP contribution in [0.2, 0.25) is 0 Å². The Morgan fingerprint density at radius 3 is 2.68 bits per heavy atom. The number of amides is 1. The molecule has 2 unspecified atom stereocenters. The number of carbonyl (C=O) groups is 1. The zero-order chi connectivity index (χ0) is 13.8. The van der Waals surface area contributed by atoms with Gasteiger partial charge in [0.1, 0.15) is 12.1 Å². The first-order valence-corrected chi connectivity index (χ1v) is 6.02. The molecule has 0 bridgehead atoms. The molecule has 1 aromatic rings. The molecular weight excluding hydrogens is 242 g/mol. The molecule has 1 heterocycles. The molecule has 5 heteroatoms. The maximum atomic E-state index is 12.0. The van der Waals surface area contributed by atoms with Crippen LogP contribution in [0.25, 0.3) is 0 Å². The number of nitriles is 2. The normalized spacial score (nSPS) is 21.4. The fourth-order valence-corrected chi connectivity index (χ4v) is 2.12. The van der Waals surface area contributed by atoms with E-state index in [4.69, 9.17) is 15.3 Å². The number of anilines is 1. The lowest BCUT2D eigenvalue weighted by Gasteiger charge is -2.14. The SMILES string of the molecule is CC1OCCC1C(=O)Nc1ccc(C#N)c(C#N)c1. The molecule has 96 valence electrons. The van der Waals surface area contributed by atoms with Gasteiger partial charge in [-0.3, -0.25) is 4.79 Å². The highest BCUT2D eigenvalue weighted by atomic mass is 16.5. The molecule has 0 spiro atoms. The Hall–Kier alpha value is -2.37. The van der Waals surface area contributed by atoms with Crippen molar-refractivity contribution in [3.8, 4) is 12.1 Å². The molecule has 1 amide bonds. The van der Waals surface area contributed by atoms with Gasteiger partial charge < -0.3 is 10.1 Å². The van der Waals surface area contributed by atoms with Crippen molar-refractivity contribution >= 4 is 11.6 Å². The molecule has 2 atom stereocenters. The predicted octanol–water partition coefficient (Wildman–Crippen LogP) is 1.79. The van der Waals surface area contributed by atoms with Gasteiger partial charge in [0.15, 0.2) is 0 Å². The van der Waals surface area contributed by atoms with Gasteiger partial charge in [-0.1, -0.05) is 0 Å². The molecule has 1 aromatic carbocycles. The summed E-state index contributed by atoms with van der Waals surface area (Å²) in [5.74, 6) is -0.278. The van der Waals surface area contributed by atoms with Gasteiger partial charge in [0.05, 0.1) is 23.1 Å². The molecule has 0 aromatic heterocycles. The standard InChI is InChI=1S/C14H13N3O2/c1-9-13(4-5-19-9)14(18)17-12-3-2-10(7-15)11(6-12)8-16/h2-3,6,9,13H,4-5H2,1H3,(H,17,18). The Morgan fingerprint density at radius 2 is 2.11 bits per heavy atom. The minimum Gasteiger partial charge on any atom is -0.378 e. The van der Waals surface area contributed by atoms with Crippen LogP contribution in [0.4, 0.5) is 5.69 Å². The number of hydrogen-bond acceptors (Lipinski definition) is 4. The third-order valence-electron chi connectivity index (χ3n) is 3.24. The molecule has 5 nitrogen and oxygen atoms in total. The van der Waals surface area contributed by atoms with Crippen LogP contribution < -0.4 is 5.32 Å². The third-order valence-corrected chi connectivity index (χ3v) is 3.24. The monoisotopic (exact) mass is 255 g/mol. The van der Waals surface area contributed by atoms with E-state index in [1.54, 1.807) is 6.07 Å². The van der Waals surface area contributed by atoms with Crippen molar-refractivity contribution in [2.24, 2.45) is 5.92 Å². The second-order valence-corrected chi connectivity index (χ2v) is 4.44. The van der Waals surface area contributed by atoms with Crippen molar-refractivity contribution in [2.45, 2.75) is 19.4 Å². The van der Waals surface area contributed by atoms with Gasteiger partial charge in [-0.15, -0.1) is 0 Å². The summed E-state index contributed by atoms with van der Waals surface area (Å²) in [5.41, 5.74) is 1.09. The van der Waals surface area contributed by atoms with Crippen LogP contribution >= 0.6 is 0 Å². The van der Waals surface area contributed by atoms with Crippen LogP contribution in [0.15, 0.2) is 18.2 Å². The number of nitrogens with one attached hydrogen (secondary N) is 1. The van der Waals surface area contributed by atoms with Gasteiger partial charge in [-0.25, -0.2) is 0 Å². The van der Waals surface area contributed by atoms with Crippen molar-refractivity contribution < 1.29 is 9.53 Å². The summed E-state index contributed by atoms with van der Waals surface area (Å²) < 4.78 is 5.35. The summed E-state index contributed by atoms with van der Waals surface area (Å²) in [5, 5.41) is 20.5. The highest BCUT2D eigenvalue weighted by molar-refractivity contribution is 5.93. The molecule has 19 heavy (non-hydrogen) atoms. The number of rotatable bonds is 2. The molecule has 1 N–H and O–H groups in total. The smallest absolute Gasteiger partial charge is 0.230 e. The molecule has 0 radical (unpaired) electrons. The van der Waals surface area contributed by atoms with Crippen molar-refractivity contribution in [1.82, 2.24) is 0 Å². The van der Waals surface area contributed by atoms with Crippen molar-refractivity contribution in [1.29, 1.82) is 10.5 Å². The van der Waals surface area contributed by atoms with Crippen LogP contribution in [-0.2, 0) is 9.53 Å². The Labute approximate surface area is 111 Å². The van der Waals surface area contributed by atoms with E-state index < -0.39 is 0 Å². The molecule has 0 aliphatic carbocycles. The second kappa shape index (κ2) is 5.51. The second-order valence-electron chi connectivity index (χ2n) is 4.44. The first-order chi connectivity index (χ1) is 9.15. The highest BCUT2D eigenvalue weighted by Crippen LogP contribution is 2.23. The van der Waals surface area contributed by atoms with Crippen LogP contribution in [0.3, 0.4) is 0 Å². The zero-order valence-corrected chi connectivity index (χ0v) is 10.5. The minimum absolute atomic E-state index is 0.0891. The maximum absolute atomic E-state index is 12.0. The summed E-state index contributed by atoms with van der Waals surface area (Å²) in [4.78, 5) is 12.0. The minimum atomic E-state index is -0.166. The lowest BCUT2D eigenvalue weighted by molar-refractivity contribution is -0.121. The quantitative estimate of drug-likeness (QED) is 0.872. The summed E-state index contributed by atoms with van der Waals surface area (Å²) in [6, 6.07) is 8.54. The molecule has 0 saturated carbocycles. The first-order valence-electron chi connectivity index (χ1n) is 6.02. The number of nitrogens with zero attached hydrogens (tertiary/aromatic N) is 2. The van der Waals surface area contributed by atoms with E-state index in [0.717, 1.165) is 0 Å². The van der Waals surface area contributed by atoms with E-state index in [1.807, 2.05) is 19.1 Å². The Bertz CT molecular complexity index is 583. The lowest BCUT2D eigenvalue weighted by atomic mass is 10.0. The Morgan fingerprint density at radius 1 is 1.37 bits per heavy atom. The van der Waals surface area contributed by atoms with E-state index in [-0.39, 0.29) is 23.5 Å². The maximum Gasteiger partial charge on any atom is 0.230 e. The molecular formula is C14H13N3O2. The van der Waals surface area contributed by atoms with Gasteiger partial charge in [-0.2, -0.15) is 10.5 Å². The first kappa shape index (κ1) is 13.1. The number of ether oxygens (including phenoxy) is 1. The van der Waals surface area contributed by atoms with Crippen molar-refractivity contribution in [2.75, 3.05) is 11.9 Å². The van der Waals surface area contributed by atoms with Crippen molar-refractivity contribution in [3.05, 3.63) is 29.3 Å². The van der Waals surface area contributed by atoms with E-state index in [2.05, 4.69) is 5.32 Å². The molecule has 2 rings (SSSR count). The van der Waals surface area contributed by atoms with E-state index in [0.29, 0.717) is 24.3 Å². The Balaban J connectivity index is 2.14. The molecule has 1 saturated heterocycles. The lowest BCUT2D eigenvalue weighted by Crippen LogP contribution is -2.27. The van der Waals surface area contributed by atoms with E-state index in [1.165, 1.54) is 12.1 Å². The predicted molar refractivity (Wildman–Crippen MR) is 68.0 cm³/mol. The third kappa shape index (κ3) is 2.73. The Kier molecular flexibility index (Phi) is 3.79. The fraction of sp³-hybridized carbons (Fsp3) is 0.357. The molecule has 1 aliphatic heterocycles. The van der Waals surface area contributed by atoms with Gasteiger partial charge in [0.2, 0.25) is 5.91 Å². The van der Waals surface area contributed by atoms with Crippen LogP contribution in [0.1, 0.15) is 24.5 Å². The number of hydrogen-bond donors (Lipinski definition) is 1. The largest absolute Gasteiger partial charge is 0.378 e. The van der Waals surface area contributed by atoms with E-state index >= 15 is 0 Å². The summed E-state index contributed by atoms with van der Waals surface area (Å²) in [6.07, 6.45) is 0.614. The van der Waals surface area contributed by atoms with Gasteiger partial charge >= 0.3 is 0 Å². The summed E-state index contributed by atoms with van der Waals surface area (Å²) in [6.45, 7) is 2.47. The van der Waals surface area contributed by atoms with Gasteiger partial charge in [0, 0.05) is 12.3 Å². The summed E-state index contributed by atoms with van der Waals surface area (Å²) >= 11 is 0. The number of carbonyl (C=O) groups excluding carboxylic acids is 1.